The molecule has 96 valence electrons. The Morgan fingerprint density at radius 2 is 2.18 bits per heavy atom. The first-order valence-corrected chi connectivity index (χ1v) is 6.01. The van der Waals surface area contributed by atoms with Gasteiger partial charge in [0.25, 0.3) is 0 Å². The molecule has 0 spiro atoms. The van der Waals surface area contributed by atoms with Gasteiger partial charge in [0.05, 0.1) is 12.5 Å². The maximum Gasteiger partial charge on any atom is 0.410 e. The van der Waals surface area contributed by atoms with Gasteiger partial charge in [0.1, 0.15) is 5.60 Å². The van der Waals surface area contributed by atoms with E-state index in [-0.39, 0.29) is 23.9 Å². The van der Waals surface area contributed by atoms with Gasteiger partial charge in [0.15, 0.2) is 0 Å². The van der Waals surface area contributed by atoms with Crippen LogP contribution in [0.3, 0.4) is 0 Å². The molecule has 0 aromatic rings. The molecule has 5 heteroatoms. The van der Waals surface area contributed by atoms with Crippen LogP contribution in [-0.4, -0.2) is 42.3 Å². The van der Waals surface area contributed by atoms with Gasteiger partial charge in [-0.15, -0.1) is 0 Å². The summed E-state index contributed by atoms with van der Waals surface area (Å²) in [5, 5.41) is 0. The third-order valence-corrected chi connectivity index (χ3v) is 3.13. The molecular formula is C12H19NO4. The summed E-state index contributed by atoms with van der Waals surface area (Å²) in [6, 6.07) is 0. The van der Waals surface area contributed by atoms with Gasteiger partial charge in [-0.2, -0.15) is 0 Å². The Bertz CT molecular complexity index is 334. The Balaban J connectivity index is 1.93. The van der Waals surface area contributed by atoms with Crippen molar-refractivity contribution < 1.29 is 19.1 Å². The predicted molar refractivity (Wildman–Crippen MR) is 60.4 cm³/mol. The van der Waals surface area contributed by atoms with Crippen LogP contribution in [0, 0.1) is 11.8 Å². The number of fused-ring (bicyclic) bond motifs is 1. The van der Waals surface area contributed by atoms with E-state index in [0.29, 0.717) is 26.1 Å². The number of hydrogen-bond donors (Lipinski definition) is 0. The zero-order valence-corrected chi connectivity index (χ0v) is 10.6. The molecule has 2 saturated heterocycles. The van der Waals surface area contributed by atoms with Crippen LogP contribution >= 0.6 is 0 Å². The third-order valence-electron chi connectivity index (χ3n) is 3.13. The molecule has 1 unspecified atom stereocenters. The smallest absolute Gasteiger partial charge is 0.410 e. The lowest BCUT2D eigenvalue weighted by Crippen LogP contribution is -2.46. The number of likely N-dealkylation sites (tertiary alicyclic amines) is 1. The zero-order valence-electron chi connectivity index (χ0n) is 10.6. The highest BCUT2D eigenvalue weighted by Gasteiger charge is 2.42. The van der Waals surface area contributed by atoms with E-state index in [2.05, 4.69) is 0 Å². The van der Waals surface area contributed by atoms with Crippen molar-refractivity contribution in [1.29, 1.82) is 0 Å². The van der Waals surface area contributed by atoms with E-state index >= 15 is 0 Å². The summed E-state index contributed by atoms with van der Waals surface area (Å²) in [5.74, 6) is 0.0105. The van der Waals surface area contributed by atoms with Crippen LogP contribution in [0.2, 0.25) is 0 Å². The number of carbonyl (C=O) groups is 2. The predicted octanol–water partition coefficient (Wildman–Crippen LogP) is 1.42. The van der Waals surface area contributed by atoms with Gasteiger partial charge in [-0.25, -0.2) is 4.79 Å². The Labute approximate surface area is 101 Å². The van der Waals surface area contributed by atoms with E-state index in [4.69, 9.17) is 9.47 Å². The van der Waals surface area contributed by atoms with Gasteiger partial charge < -0.3 is 14.4 Å². The quantitative estimate of drug-likeness (QED) is 0.602. The second-order valence-electron chi connectivity index (χ2n) is 5.71. The first-order chi connectivity index (χ1) is 7.87. The van der Waals surface area contributed by atoms with E-state index in [1.165, 1.54) is 0 Å². The normalized spacial score (nSPS) is 28.6. The molecule has 0 radical (unpaired) electrons. The topological polar surface area (TPSA) is 55.8 Å². The third kappa shape index (κ3) is 2.70. The van der Waals surface area contributed by atoms with E-state index in [1.807, 2.05) is 20.8 Å². The lowest BCUT2D eigenvalue weighted by molar-refractivity contribution is -0.141. The molecule has 0 saturated carbocycles. The van der Waals surface area contributed by atoms with Crippen LogP contribution in [0.5, 0.6) is 0 Å². The van der Waals surface area contributed by atoms with Crippen LogP contribution in [0.1, 0.15) is 27.2 Å². The molecule has 0 aliphatic carbocycles. The molecule has 2 atom stereocenters. The van der Waals surface area contributed by atoms with Crippen LogP contribution < -0.4 is 0 Å². The summed E-state index contributed by atoms with van der Waals surface area (Å²) < 4.78 is 10.3. The second-order valence-corrected chi connectivity index (χ2v) is 5.71. The Kier molecular flexibility index (Phi) is 3.02. The Hall–Kier alpha value is -1.26. The molecule has 0 N–H and O–H groups in total. The van der Waals surface area contributed by atoms with Crippen molar-refractivity contribution in [2.24, 2.45) is 11.8 Å². The minimum absolute atomic E-state index is 0.0197. The SMILES string of the molecule is CC(C)(C)OC(=O)N1CCC2C(=O)OC[C@@H]2C1. The van der Waals surface area contributed by atoms with Crippen LogP contribution in [-0.2, 0) is 14.3 Å². The van der Waals surface area contributed by atoms with Crippen molar-refractivity contribution in [3.63, 3.8) is 0 Å². The number of nitrogens with zero attached hydrogens (tertiary/aromatic N) is 1. The standard InChI is InChI=1S/C12H19NO4/c1-12(2,3)17-11(15)13-5-4-9-8(6-13)7-16-10(9)14/h8-9H,4-7H2,1-3H3/t8-,9?/m0/s1. The molecule has 2 rings (SSSR count). The number of esters is 1. The van der Waals surface area contributed by atoms with Gasteiger partial charge >= 0.3 is 12.1 Å². The maximum atomic E-state index is 11.9. The van der Waals surface area contributed by atoms with Crippen LogP contribution in [0.15, 0.2) is 0 Å². The van der Waals surface area contributed by atoms with Gasteiger partial charge in [-0.1, -0.05) is 0 Å². The molecule has 5 nitrogen and oxygen atoms in total. The zero-order chi connectivity index (χ0) is 12.6. The summed E-state index contributed by atoms with van der Waals surface area (Å²) in [7, 11) is 0. The molecule has 2 fully saturated rings. The van der Waals surface area contributed by atoms with Gasteiger partial charge in [-0.3, -0.25) is 4.79 Å². The molecule has 0 aromatic heterocycles. The van der Waals surface area contributed by atoms with Crippen molar-refractivity contribution in [2.45, 2.75) is 32.8 Å². The highest BCUT2D eigenvalue weighted by Crippen LogP contribution is 2.30. The van der Waals surface area contributed by atoms with Crippen molar-refractivity contribution >= 4 is 12.1 Å². The number of ether oxygens (including phenoxy) is 2. The molecule has 1 amide bonds. The first-order valence-electron chi connectivity index (χ1n) is 6.01. The highest BCUT2D eigenvalue weighted by atomic mass is 16.6. The second kappa shape index (κ2) is 4.20. The summed E-state index contributed by atoms with van der Waals surface area (Å²) in [6.45, 7) is 7.11. The summed E-state index contributed by atoms with van der Waals surface area (Å²) in [5.41, 5.74) is -0.476. The molecule has 2 aliphatic heterocycles. The van der Waals surface area contributed by atoms with E-state index in [0.717, 1.165) is 0 Å². The fourth-order valence-corrected chi connectivity index (χ4v) is 2.30. The average molecular weight is 241 g/mol. The lowest BCUT2D eigenvalue weighted by Gasteiger charge is -2.33. The molecule has 0 aromatic carbocycles. The van der Waals surface area contributed by atoms with E-state index < -0.39 is 5.60 Å². The number of amides is 1. The van der Waals surface area contributed by atoms with Crippen LogP contribution in [0.4, 0.5) is 4.79 Å². The monoisotopic (exact) mass is 241 g/mol. The Morgan fingerprint density at radius 1 is 1.47 bits per heavy atom. The fourth-order valence-electron chi connectivity index (χ4n) is 2.30. The van der Waals surface area contributed by atoms with Crippen molar-refractivity contribution in [3.05, 3.63) is 0 Å². The molecule has 2 heterocycles. The molecule has 2 aliphatic rings. The summed E-state index contributed by atoms with van der Waals surface area (Å²) >= 11 is 0. The lowest BCUT2D eigenvalue weighted by atomic mass is 9.88. The fraction of sp³-hybridized carbons (Fsp3) is 0.833. The molecular weight excluding hydrogens is 222 g/mol. The number of hydrogen-bond acceptors (Lipinski definition) is 4. The van der Waals surface area contributed by atoms with E-state index in [9.17, 15) is 9.59 Å². The van der Waals surface area contributed by atoms with Crippen molar-refractivity contribution in [1.82, 2.24) is 4.90 Å². The van der Waals surface area contributed by atoms with Gasteiger partial charge in [0, 0.05) is 19.0 Å². The summed E-state index contributed by atoms with van der Waals surface area (Å²) in [4.78, 5) is 24.9. The minimum Gasteiger partial charge on any atom is -0.465 e. The molecule has 0 bridgehead atoms. The number of piperidine rings is 1. The Morgan fingerprint density at radius 3 is 2.82 bits per heavy atom. The largest absolute Gasteiger partial charge is 0.465 e. The van der Waals surface area contributed by atoms with Crippen LogP contribution in [0.25, 0.3) is 0 Å². The maximum absolute atomic E-state index is 11.9. The van der Waals surface area contributed by atoms with E-state index in [1.54, 1.807) is 4.90 Å². The number of rotatable bonds is 0. The summed E-state index contributed by atoms with van der Waals surface area (Å²) in [6.07, 6.45) is 0.387. The van der Waals surface area contributed by atoms with Gasteiger partial charge in [0.2, 0.25) is 0 Å². The molecule has 17 heavy (non-hydrogen) atoms. The average Bonchev–Trinajstić information content (AvgIpc) is 2.57. The van der Waals surface area contributed by atoms with Crippen molar-refractivity contribution in [3.8, 4) is 0 Å². The first kappa shape index (κ1) is 12.2. The highest BCUT2D eigenvalue weighted by molar-refractivity contribution is 5.76. The van der Waals surface area contributed by atoms with Gasteiger partial charge in [-0.05, 0) is 27.2 Å². The minimum atomic E-state index is -0.476. The number of cyclic esters (lactones) is 1. The van der Waals surface area contributed by atoms with Crippen molar-refractivity contribution in [2.75, 3.05) is 19.7 Å². The number of carbonyl (C=O) groups excluding carboxylic acids is 2.